The van der Waals surface area contributed by atoms with Crippen molar-refractivity contribution < 1.29 is 9.53 Å². The van der Waals surface area contributed by atoms with Gasteiger partial charge in [-0.3, -0.25) is 14.2 Å². The number of methoxy groups -OCH3 is 1. The van der Waals surface area contributed by atoms with E-state index >= 15 is 0 Å². The van der Waals surface area contributed by atoms with Gasteiger partial charge >= 0.3 is 0 Å². The first kappa shape index (κ1) is 17.4. The molecule has 0 saturated carbocycles. The van der Waals surface area contributed by atoms with E-state index in [1.54, 1.807) is 30.1 Å². The van der Waals surface area contributed by atoms with Crippen LogP contribution in [0.15, 0.2) is 9.95 Å². The van der Waals surface area contributed by atoms with Gasteiger partial charge in [0.2, 0.25) is 5.91 Å². The minimum atomic E-state index is -0.0564. The number of fused-ring (bicyclic) bond motifs is 3. The van der Waals surface area contributed by atoms with Gasteiger partial charge in [-0.15, -0.1) is 11.3 Å². The predicted octanol–water partition coefficient (Wildman–Crippen LogP) is 1.73. The summed E-state index contributed by atoms with van der Waals surface area (Å²) >= 11 is 2.93. The first-order chi connectivity index (χ1) is 11.6. The molecule has 0 radical (unpaired) electrons. The maximum Gasteiger partial charge on any atom is 0.262 e. The van der Waals surface area contributed by atoms with Gasteiger partial charge in [0.1, 0.15) is 4.83 Å². The molecule has 0 atom stereocenters. The standard InChI is InChI=1S/C16H21N3O3S2/c1-19-15(21)13-10-5-3-6-11(10)24-14(13)18-16(19)23-9-12(20)17-7-4-8-22-2/h3-9H2,1-2H3,(H,17,20). The first-order valence-corrected chi connectivity index (χ1v) is 9.81. The number of nitrogens with zero attached hydrogens (tertiary/aromatic N) is 2. The number of thioether (sulfide) groups is 1. The lowest BCUT2D eigenvalue weighted by atomic mass is 10.2. The summed E-state index contributed by atoms with van der Waals surface area (Å²) in [5, 5.41) is 4.22. The molecule has 2 aromatic heterocycles. The third kappa shape index (κ3) is 3.50. The van der Waals surface area contributed by atoms with Gasteiger partial charge in [0, 0.05) is 32.2 Å². The molecule has 1 aliphatic carbocycles. The fourth-order valence-electron chi connectivity index (χ4n) is 2.86. The highest BCUT2D eigenvalue weighted by Gasteiger charge is 2.22. The molecule has 1 amide bonds. The van der Waals surface area contributed by atoms with E-state index in [4.69, 9.17) is 4.74 Å². The van der Waals surface area contributed by atoms with Gasteiger partial charge in [0.25, 0.3) is 5.56 Å². The molecule has 0 saturated heterocycles. The van der Waals surface area contributed by atoms with Crippen LogP contribution in [-0.2, 0) is 29.4 Å². The molecule has 3 rings (SSSR count). The SMILES string of the molecule is COCCCNC(=O)CSc1nc2sc3c(c2c(=O)n1C)CCC3. The third-order valence-corrected chi connectivity index (χ3v) is 6.30. The second-order valence-corrected chi connectivity index (χ2v) is 7.81. The zero-order valence-corrected chi connectivity index (χ0v) is 15.5. The number of carbonyl (C=O) groups excluding carboxylic acids is 1. The van der Waals surface area contributed by atoms with Crippen LogP contribution >= 0.6 is 23.1 Å². The summed E-state index contributed by atoms with van der Waals surface area (Å²) in [6, 6.07) is 0. The number of aromatic nitrogens is 2. The number of rotatable bonds is 7. The van der Waals surface area contributed by atoms with Crippen LogP contribution in [0.5, 0.6) is 0 Å². The molecule has 1 aliphatic rings. The van der Waals surface area contributed by atoms with Gasteiger partial charge in [0.05, 0.1) is 11.1 Å². The smallest absolute Gasteiger partial charge is 0.262 e. The molecule has 130 valence electrons. The Morgan fingerprint density at radius 1 is 1.46 bits per heavy atom. The normalized spacial score (nSPS) is 13.4. The first-order valence-electron chi connectivity index (χ1n) is 8.01. The largest absolute Gasteiger partial charge is 0.385 e. The molecule has 1 N–H and O–H groups in total. The summed E-state index contributed by atoms with van der Waals surface area (Å²) in [4.78, 5) is 31.3. The van der Waals surface area contributed by atoms with E-state index < -0.39 is 0 Å². The van der Waals surface area contributed by atoms with Gasteiger partial charge in [-0.25, -0.2) is 4.98 Å². The van der Waals surface area contributed by atoms with Crippen molar-refractivity contribution in [3.05, 3.63) is 20.8 Å². The van der Waals surface area contributed by atoms with E-state index in [0.29, 0.717) is 18.3 Å². The van der Waals surface area contributed by atoms with E-state index in [1.807, 2.05) is 0 Å². The number of carbonyl (C=O) groups is 1. The second-order valence-electron chi connectivity index (χ2n) is 5.78. The number of aryl methyl sites for hydroxylation is 2. The van der Waals surface area contributed by atoms with Crippen molar-refractivity contribution in [3.63, 3.8) is 0 Å². The molecule has 0 aromatic carbocycles. The fraction of sp³-hybridized carbons (Fsp3) is 0.562. The summed E-state index contributed by atoms with van der Waals surface area (Å²) in [5.74, 6) is 0.197. The number of hydrogen-bond acceptors (Lipinski definition) is 6. The van der Waals surface area contributed by atoms with Crippen LogP contribution in [-0.4, -0.2) is 41.5 Å². The summed E-state index contributed by atoms with van der Waals surface area (Å²) in [5.41, 5.74) is 1.19. The van der Waals surface area contributed by atoms with Crippen LogP contribution < -0.4 is 10.9 Å². The Bertz CT molecular complexity index is 813. The quantitative estimate of drug-likeness (QED) is 0.458. The summed E-state index contributed by atoms with van der Waals surface area (Å²) in [6.45, 7) is 1.22. The Morgan fingerprint density at radius 3 is 3.08 bits per heavy atom. The van der Waals surface area contributed by atoms with Crippen molar-refractivity contribution in [2.24, 2.45) is 7.05 Å². The molecular weight excluding hydrogens is 346 g/mol. The molecule has 24 heavy (non-hydrogen) atoms. The number of nitrogens with one attached hydrogen (secondary N) is 1. The van der Waals surface area contributed by atoms with E-state index in [9.17, 15) is 9.59 Å². The predicted molar refractivity (Wildman–Crippen MR) is 97.1 cm³/mol. The van der Waals surface area contributed by atoms with E-state index in [1.165, 1.54) is 22.2 Å². The monoisotopic (exact) mass is 367 g/mol. The van der Waals surface area contributed by atoms with Crippen LogP contribution in [0.25, 0.3) is 10.2 Å². The lowest BCUT2D eigenvalue weighted by Crippen LogP contribution is -2.27. The second kappa shape index (κ2) is 7.67. The lowest BCUT2D eigenvalue weighted by Gasteiger charge is -2.08. The Hall–Kier alpha value is -1.38. The van der Waals surface area contributed by atoms with Crippen LogP contribution in [0.2, 0.25) is 0 Å². The van der Waals surface area contributed by atoms with Gasteiger partial charge in [-0.1, -0.05) is 11.8 Å². The average molecular weight is 367 g/mol. The van der Waals surface area contributed by atoms with Gasteiger partial charge in [-0.05, 0) is 31.2 Å². The van der Waals surface area contributed by atoms with Gasteiger partial charge < -0.3 is 10.1 Å². The Balaban J connectivity index is 1.70. The topological polar surface area (TPSA) is 73.2 Å². The molecular formula is C16H21N3O3S2. The minimum Gasteiger partial charge on any atom is -0.385 e. The number of ether oxygens (including phenoxy) is 1. The molecule has 2 aromatic rings. The Labute approximate surface area is 148 Å². The molecule has 0 unspecified atom stereocenters. The Morgan fingerprint density at radius 2 is 2.29 bits per heavy atom. The third-order valence-electron chi connectivity index (χ3n) is 4.09. The van der Waals surface area contributed by atoms with Crippen LogP contribution in [0.4, 0.5) is 0 Å². The van der Waals surface area contributed by atoms with Crippen molar-refractivity contribution in [2.45, 2.75) is 30.8 Å². The maximum atomic E-state index is 12.7. The summed E-state index contributed by atoms with van der Waals surface area (Å²) in [6.07, 6.45) is 3.94. The Kier molecular flexibility index (Phi) is 5.57. The minimum absolute atomic E-state index is 0.00222. The van der Waals surface area contributed by atoms with Crippen LogP contribution in [0.1, 0.15) is 23.3 Å². The zero-order chi connectivity index (χ0) is 17.1. The summed E-state index contributed by atoms with van der Waals surface area (Å²) in [7, 11) is 3.37. The molecule has 8 heteroatoms. The molecule has 6 nitrogen and oxygen atoms in total. The average Bonchev–Trinajstić information content (AvgIpc) is 3.14. The highest BCUT2D eigenvalue weighted by atomic mass is 32.2. The molecule has 0 fully saturated rings. The molecule has 0 spiro atoms. The molecule has 0 bridgehead atoms. The van der Waals surface area contributed by atoms with Crippen molar-refractivity contribution in [3.8, 4) is 0 Å². The van der Waals surface area contributed by atoms with Crippen molar-refractivity contribution in [1.82, 2.24) is 14.9 Å². The van der Waals surface area contributed by atoms with Crippen LogP contribution in [0.3, 0.4) is 0 Å². The van der Waals surface area contributed by atoms with E-state index in [2.05, 4.69) is 10.3 Å². The zero-order valence-electron chi connectivity index (χ0n) is 13.9. The molecule has 0 aliphatic heterocycles. The highest BCUT2D eigenvalue weighted by molar-refractivity contribution is 7.99. The molecule has 2 heterocycles. The van der Waals surface area contributed by atoms with Crippen molar-refractivity contribution in [2.75, 3.05) is 26.0 Å². The van der Waals surface area contributed by atoms with Crippen molar-refractivity contribution >= 4 is 39.2 Å². The summed E-state index contributed by atoms with van der Waals surface area (Å²) < 4.78 is 6.51. The fourth-order valence-corrected chi connectivity index (χ4v) is 4.96. The van der Waals surface area contributed by atoms with E-state index in [-0.39, 0.29) is 17.2 Å². The van der Waals surface area contributed by atoms with Crippen LogP contribution in [0, 0.1) is 0 Å². The maximum absolute atomic E-state index is 12.7. The van der Waals surface area contributed by atoms with Gasteiger partial charge in [-0.2, -0.15) is 0 Å². The van der Waals surface area contributed by atoms with E-state index in [0.717, 1.165) is 35.9 Å². The number of amides is 1. The lowest BCUT2D eigenvalue weighted by molar-refractivity contribution is -0.118. The van der Waals surface area contributed by atoms with Gasteiger partial charge in [0.15, 0.2) is 5.16 Å². The number of hydrogen-bond donors (Lipinski definition) is 1. The van der Waals surface area contributed by atoms with Crippen molar-refractivity contribution in [1.29, 1.82) is 0 Å². The number of thiophene rings is 1. The highest BCUT2D eigenvalue weighted by Crippen LogP contribution is 2.35.